The molecule has 0 aromatic rings. The Kier molecular flexibility index (Phi) is 2.84. The van der Waals surface area contributed by atoms with Crippen molar-refractivity contribution in [3.8, 4) is 0 Å². The van der Waals surface area contributed by atoms with Gasteiger partial charge in [-0.15, -0.1) is 0 Å². The van der Waals surface area contributed by atoms with Gasteiger partial charge in [0.15, 0.2) is 0 Å². The number of rotatable bonds is 2. The molecule has 1 atom stereocenters. The summed E-state index contributed by atoms with van der Waals surface area (Å²) in [5, 5.41) is 1.92. The van der Waals surface area contributed by atoms with Crippen LogP contribution in [0.3, 0.4) is 0 Å². The second-order valence-electron chi connectivity index (χ2n) is 2.96. The largest absolute Gasteiger partial charge is 0.320 e. The summed E-state index contributed by atoms with van der Waals surface area (Å²) in [6.45, 7) is 3.60. The first kappa shape index (κ1) is 8.49. The molecule has 64 valence electrons. The molecule has 0 radical (unpaired) electrons. The van der Waals surface area contributed by atoms with Gasteiger partial charge in [-0.25, -0.2) is 5.01 Å². The van der Waals surface area contributed by atoms with Crippen molar-refractivity contribution < 1.29 is 4.79 Å². The van der Waals surface area contributed by atoms with Crippen molar-refractivity contribution >= 4 is 5.91 Å². The maximum Gasteiger partial charge on any atom is 0.250 e. The van der Waals surface area contributed by atoms with Gasteiger partial charge >= 0.3 is 0 Å². The summed E-state index contributed by atoms with van der Waals surface area (Å²) in [6, 6.07) is -0.407. The van der Waals surface area contributed by atoms with Crippen LogP contribution in [0.15, 0.2) is 0 Å². The minimum absolute atomic E-state index is 0.0908. The smallest absolute Gasteiger partial charge is 0.250 e. The fourth-order valence-electron chi connectivity index (χ4n) is 1.09. The minimum atomic E-state index is -0.407. The third-order valence-electron chi connectivity index (χ3n) is 1.79. The molecule has 0 unspecified atom stereocenters. The van der Waals surface area contributed by atoms with Crippen LogP contribution in [0.4, 0.5) is 0 Å². The molecule has 0 aromatic carbocycles. The van der Waals surface area contributed by atoms with E-state index in [4.69, 9.17) is 5.73 Å². The minimum Gasteiger partial charge on any atom is -0.320 e. The van der Waals surface area contributed by atoms with Crippen molar-refractivity contribution in [3.63, 3.8) is 0 Å². The highest BCUT2D eigenvalue weighted by Gasteiger charge is 2.15. The van der Waals surface area contributed by atoms with E-state index in [1.165, 1.54) is 12.8 Å². The Labute approximate surface area is 66.7 Å². The zero-order valence-corrected chi connectivity index (χ0v) is 6.84. The Hall–Kier alpha value is -0.610. The molecule has 1 amide bonds. The first-order valence-corrected chi connectivity index (χ1v) is 4.01. The van der Waals surface area contributed by atoms with Crippen LogP contribution >= 0.6 is 0 Å². The number of nitrogens with one attached hydrogen (secondary N) is 1. The van der Waals surface area contributed by atoms with Gasteiger partial charge in [-0.2, -0.15) is 0 Å². The highest BCUT2D eigenvalue weighted by molar-refractivity contribution is 5.80. The number of carbonyl (C=O) groups excluding carboxylic acids is 1. The first-order valence-electron chi connectivity index (χ1n) is 4.01. The Morgan fingerprint density at radius 3 is 2.55 bits per heavy atom. The zero-order chi connectivity index (χ0) is 8.27. The van der Waals surface area contributed by atoms with Crippen molar-refractivity contribution in [3.05, 3.63) is 0 Å². The molecule has 3 N–H and O–H groups in total. The number of nitrogens with zero attached hydrogens (tertiary/aromatic N) is 1. The molecule has 1 aliphatic rings. The first-order chi connectivity index (χ1) is 5.20. The summed E-state index contributed by atoms with van der Waals surface area (Å²) in [5.41, 5.74) is 8.12. The van der Waals surface area contributed by atoms with E-state index in [2.05, 4.69) is 5.43 Å². The average molecular weight is 157 g/mol. The van der Waals surface area contributed by atoms with Gasteiger partial charge in [-0.3, -0.25) is 10.2 Å². The molecular formula is C7H15N3O. The fourth-order valence-corrected chi connectivity index (χ4v) is 1.09. The van der Waals surface area contributed by atoms with Gasteiger partial charge in [0.25, 0.3) is 5.91 Å². The Morgan fingerprint density at radius 2 is 2.09 bits per heavy atom. The maximum absolute atomic E-state index is 11.0. The lowest BCUT2D eigenvalue weighted by molar-refractivity contribution is -0.126. The summed E-state index contributed by atoms with van der Waals surface area (Å²) in [5.74, 6) is -0.0908. The summed E-state index contributed by atoms with van der Waals surface area (Å²) in [6.07, 6.45) is 2.33. The van der Waals surface area contributed by atoms with Gasteiger partial charge in [0.05, 0.1) is 6.04 Å². The molecule has 0 bridgehead atoms. The third kappa shape index (κ3) is 2.48. The van der Waals surface area contributed by atoms with Crippen molar-refractivity contribution in [1.82, 2.24) is 10.4 Å². The van der Waals surface area contributed by atoms with E-state index in [0.29, 0.717) is 0 Å². The van der Waals surface area contributed by atoms with E-state index in [9.17, 15) is 4.79 Å². The molecule has 11 heavy (non-hydrogen) atoms. The van der Waals surface area contributed by atoms with Gasteiger partial charge in [0.1, 0.15) is 0 Å². The van der Waals surface area contributed by atoms with E-state index in [-0.39, 0.29) is 5.91 Å². The normalized spacial score (nSPS) is 21.6. The predicted molar refractivity (Wildman–Crippen MR) is 42.6 cm³/mol. The van der Waals surface area contributed by atoms with Gasteiger partial charge < -0.3 is 5.73 Å². The van der Waals surface area contributed by atoms with Crippen LogP contribution in [0, 0.1) is 0 Å². The van der Waals surface area contributed by atoms with Gasteiger partial charge in [0, 0.05) is 13.1 Å². The lowest BCUT2D eigenvalue weighted by atomic mass is 10.3. The van der Waals surface area contributed by atoms with E-state index in [1.54, 1.807) is 6.92 Å². The molecule has 0 spiro atoms. The molecule has 0 aromatic heterocycles. The highest BCUT2D eigenvalue weighted by atomic mass is 16.2. The van der Waals surface area contributed by atoms with Crippen molar-refractivity contribution in [2.75, 3.05) is 13.1 Å². The Bertz CT molecular complexity index is 141. The second-order valence-corrected chi connectivity index (χ2v) is 2.96. The van der Waals surface area contributed by atoms with Crippen molar-refractivity contribution in [2.45, 2.75) is 25.8 Å². The number of amides is 1. The van der Waals surface area contributed by atoms with Crippen molar-refractivity contribution in [1.29, 1.82) is 0 Å². The van der Waals surface area contributed by atoms with Crippen LogP contribution in [-0.4, -0.2) is 30.0 Å². The van der Waals surface area contributed by atoms with Crippen LogP contribution < -0.4 is 11.2 Å². The van der Waals surface area contributed by atoms with Crippen LogP contribution in [0.25, 0.3) is 0 Å². The van der Waals surface area contributed by atoms with Crippen LogP contribution in [0.5, 0.6) is 0 Å². The van der Waals surface area contributed by atoms with E-state index < -0.39 is 6.04 Å². The molecule has 4 nitrogen and oxygen atoms in total. The lowest BCUT2D eigenvalue weighted by Gasteiger charge is -2.17. The standard InChI is InChI=1S/C7H15N3O/c1-6(8)7(11)9-10-4-2-3-5-10/h6H,2-5,8H2,1H3,(H,9,11)/t6-/m0/s1. The summed E-state index contributed by atoms with van der Waals surface area (Å²) >= 11 is 0. The molecule has 4 heteroatoms. The monoisotopic (exact) mass is 157 g/mol. The Morgan fingerprint density at radius 1 is 1.55 bits per heavy atom. The van der Waals surface area contributed by atoms with E-state index >= 15 is 0 Å². The number of hydrazine groups is 1. The molecule has 1 aliphatic heterocycles. The zero-order valence-electron chi connectivity index (χ0n) is 6.84. The number of nitrogens with two attached hydrogens (primary N) is 1. The van der Waals surface area contributed by atoms with E-state index in [1.807, 2.05) is 5.01 Å². The number of hydrogen-bond donors (Lipinski definition) is 2. The van der Waals surface area contributed by atoms with Crippen molar-refractivity contribution in [2.24, 2.45) is 5.73 Å². The van der Waals surface area contributed by atoms with Crippen LogP contribution in [-0.2, 0) is 4.79 Å². The van der Waals surface area contributed by atoms with Gasteiger partial charge in [0.2, 0.25) is 0 Å². The molecule has 1 heterocycles. The quantitative estimate of drug-likeness (QED) is 0.566. The number of carbonyl (C=O) groups is 1. The summed E-state index contributed by atoms with van der Waals surface area (Å²) < 4.78 is 0. The molecule has 1 saturated heterocycles. The maximum atomic E-state index is 11.0. The lowest BCUT2D eigenvalue weighted by Crippen LogP contribution is -2.47. The predicted octanol–water partition coefficient (Wildman–Crippen LogP) is -0.539. The average Bonchev–Trinajstić information content (AvgIpc) is 2.39. The van der Waals surface area contributed by atoms with Crippen LogP contribution in [0.1, 0.15) is 19.8 Å². The molecular weight excluding hydrogens is 142 g/mol. The van der Waals surface area contributed by atoms with Gasteiger partial charge in [-0.1, -0.05) is 0 Å². The molecule has 1 rings (SSSR count). The SMILES string of the molecule is C[C@H](N)C(=O)NN1CCCC1. The van der Waals surface area contributed by atoms with Gasteiger partial charge in [-0.05, 0) is 19.8 Å². The Balaban J connectivity index is 2.24. The highest BCUT2D eigenvalue weighted by Crippen LogP contribution is 2.03. The third-order valence-corrected chi connectivity index (χ3v) is 1.79. The molecule has 0 aliphatic carbocycles. The number of hydrogen-bond acceptors (Lipinski definition) is 3. The second kappa shape index (κ2) is 3.69. The van der Waals surface area contributed by atoms with E-state index in [0.717, 1.165) is 13.1 Å². The summed E-state index contributed by atoms with van der Waals surface area (Å²) in [7, 11) is 0. The summed E-state index contributed by atoms with van der Waals surface area (Å²) in [4.78, 5) is 11.0. The fraction of sp³-hybridized carbons (Fsp3) is 0.857. The van der Waals surface area contributed by atoms with Crippen LogP contribution in [0.2, 0.25) is 0 Å². The molecule has 1 fully saturated rings. The molecule has 0 saturated carbocycles. The topological polar surface area (TPSA) is 58.4 Å².